The van der Waals surface area contributed by atoms with E-state index in [2.05, 4.69) is 51.9 Å². The monoisotopic (exact) mass is 386 g/mol. The smallest absolute Gasteiger partial charge is 0.236 e. The molecule has 0 aliphatic rings. The van der Waals surface area contributed by atoms with Crippen LogP contribution >= 0.6 is 23.1 Å². The van der Waals surface area contributed by atoms with Gasteiger partial charge in [0, 0.05) is 17.8 Å². The van der Waals surface area contributed by atoms with Crippen LogP contribution in [0.5, 0.6) is 0 Å². The highest BCUT2D eigenvalue weighted by molar-refractivity contribution is 7.99. The van der Waals surface area contributed by atoms with Gasteiger partial charge in [0.1, 0.15) is 0 Å². The summed E-state index contributed by atoms with van der Waals surface area (Å²) >= 11 is 2.88. The zero-order chi connectivity index (χ0) is 18.5. The van der Waals surface area contributed by atoms with Crippen LogP contribution in [0.25, 0.3) is 5.69 Å². The summed E-state index contributed by atoms with van der Waals surface area (Å²) in [5, 5.41) is 6.23. The van der Waals surface area contributed by atoms with Gasteiger partial charge in [0.2, 0.25) is 5.91 Å². The van der Waals surface area contributed by atoms with Gasteiger partial charge in [-0.3, -0.25) is 9.36 Å². The van der Waals surface area contributed by atoms with Gasteiger partial charge >= 0.3 is 0 Å². The summed E-state index contributed by atoms with van der Waals surface area (Å²) in [6.07, 6.45) is 5.67. The molecule has 2 aromatic heterocycles. The third-order valence-electron chi connectivity index (χ3n) is 4.01. The van der Waals surface area contributed by atoms with Crippen molar-refractivity contribution in [3.63, 3.8) is 0 Å². The summed E-state index contributed by atoms with van der Waals surface area (Å²) in [4.78, 5) is 20.9. The molecule has 1 aromatic carbocycles. The van der Waals surface area contributed by atoms with Gasteiger partial charge in [-0.25, -0.2) is 9.97 Å². The van der Waals surface area contributed by atoms with Gasteiger partial charge in [-0.2, -0.15) is 0 Å². The minimum atomic E-state index is -0.0709. The Bertz CT molecular complexity index is 878. The number of hydrogen-bond donors (Lipinski definition) is 1. The van der Waals surface area contributed by atoms with E-state index in [1.165, 1.54) is 39.9 Å². The van der Waals surface area contributed by atoms with E-state index in [0.717, 1.165) is 23.7 Å². The molecule has 7 heteroatoms. The topological polar surface area (TPSA) is 59.8 Å². The Morgan fingerprint density at radius 2 is 2.00 bits per heavy atom. The van der Waals surface area contributed by atoms with Crippen LogP contribution in [0.3, 0.4) is 0 Å². The van der Waals surface area contributed by atoms with Crippen molar-refractivity contribution in [1.29, 1.82) is 0 Å². The number of benzene rings is 1. The first-order valence-corrected chi connectivity index (χ1v) is 10.5. The Morgan fingerprint density at radius 1 is 1.27 bits per heavy atom. The lowest BCUT2D eigenvalue weighted by Crippen LogP contribution is -2.14. The van der Waals surface area contributed by atoms with Crippen molar-refractivity contribution in [2.75, 3.05) is 11.1 Å². The minimum Gasteiger partial charge on any atom is -0.301 e. The van der Waals surface area contributed by atoms with Gasteiger partial charge in [0.15, 0.2) is 10.3 Å². The summed E-state index contributed by atoms with van der Waals surface area (Å²) in [7, 11) is 0. The zero-order valence-electron chi connectivity index (χ0n) is 15.2. The molecule has 136 valence electrons. The average Bonchev–Trinajstić information content (AvgIpc) is 3.27. The summed E-state index contributed by atoms with van der Waals surface area (Å²) in [5.74, 6) is 0.226. The molecule has 5 nitrogen and oxygen atoms in total. The fraction of sp³-hybridized carbons (Fsp3) is 0.316. The predicted octanol–water partition coefficient (Wildman–Crippen LogP) is 4.49. The fourth-order valence-electron chi connectivity index (χ4n) is 2.79. The maximum atomic E-state index is 12.2. The van der Waals surface area contributed by atoms with E-state index < -0.39 is 0 Å². The van der Waals surface area contributed by atoms with Crippen LogP contribution in [-0.4, -0.2) is 26.2 Å². The van der Waals surface area contributed by atoms with Crippen molar-refractivity contribution in [3.8, 4) is 5.69 Å². The molecule has 0 bridgehead atoms. The summed E-state index contributed by atoms with van der Waals surface area (Å²) in [6, 6.07) is 6.41. The number of carbonyl (C=O) groups excluding carboxylic acids is 1. The van der Waals surface area contributed by atoms with Crippen molar-refractivity contribution in [3.05, 3.63) is 52.8 Å². The van der Waals surface area contributed by atoms with Gasteiger partial charge in [-0.05, 0) is 30.9 Å². The van der Waals surface area contributed by atoms with E-state index in [0.29, 0.717) is 10.9 Å². The Morgan fingerprint density at radius 3 is 2.62 bits per heavy atom. The van der Waals surface area contributed by atoms with E-state index in [9.17, 15) is 4.79 Å². The Labute approximate surface area is 161 Å². The third kappa shape index (κ3) is 4.16. The van der Waals surface area contributed by atoms with Crippen molar-refractivity contribution in [2.45, 2.75) is 38.8 Å². The summed E-state index contributed by atoms with van der Waals surface area (Å²) < 4.78 is 2.10. The standard InChI is InChI=1S/C19H22N4OS2/c1-4-14-7-6-8-15(5-2)17(14)23-10-9-20-19(23)26-12-16(24)22-18-21-13(3)11-25-18/h6-11H,4-5,12H2,1-3H3,(H,21,22,24). The Balaban J connectivity index is 1.76. The minimum absolute atomic E-state index is 0.0709. The van der Waals surface area contributed by atoms with Crippen LogP contribution in [0.15, 0.2) is 41.1 Å². The van der Waals surface area contributed by atoms with Gasteiger partial charge in [-0.15, -0.1) is 11.3 Å². The van der Waals surface area contributed by atoms with Crippen LogP contribution < -0.4 is 5.32 Å². The van der Waals surface area contributed by atoms with E-state index in [1.807, 2.05) is 18.5 Å². The van der Waals surface area contributed by atoms with Crippen LogP contribution in [0.4, 0.5) is 5.13 Å². The molecule has 3 aromatic rings. The van der Waals surface area contributed by atoms with Gasteiger partial charge in [0.25, 0.3) is 0 Å². The molecule has 0 fully saturated rings. The van der Waals surface area contributed by atoms with E-state index in [-0.39, 0.29) is 5.91 Å². The SMILES string of the molecule is CCc1cccc(CC)c1-n1ccnc1SCC(=O)Nc1nc(C)cs1. The molecule has 2 heterocycles. The fourth-order valence-corrected chi connectivity index (χ4v) is 4.25. The van der Waals surface area contributed by atoms with Crippen molar-refractivity contribution >= 4 is 34.1 Å². The quantitative estimate of drug-likeness (QED) is 0.608. The molecule has 1 N–H and O–H groups in total. The lowest BCUT2D eigenvalue weighted by molar-refractivity contribution is -0.113. The number of nitrogens with one attached hydrogen (secondary N) is 1. The molecule has 0 radical (unpaired) electrons. The number of anilines is 1. The summed E-state index contributed by atoms with van der Waals surface area (Å²) in [5.41, 5.74) is 4.67. The van der Waals surface area contributed by atoms with Gasteiger partial charge < -0.3 is 5.32 Å². The number of thiazole rings is 1. The van der Waals surface area contributed by atoms with E-state index in [1.54, 1.807) is 6.20 Å². The molecule has 1 amide bonds. The molecule has 0 unspecified atom stereocenters. The molecule has 3 rings (SSSR count). The lowest BCUT2D eigenvalue weighted by atomic mass is 10.0. The van der Waals surface area contributed by atoms with Crippen molar-refractivity contribution in [2.24, 2.45) is 0 Å². The van der Waals surface area contributed by atoms with Crippen molar-refractivity contribution in [1.82, 2.24) is 14.5 Å². The number of aryl methyl sites for hydroxylation is 3. The molecule has 0 spiro atoms. The number of imidazole rings is 1. The number of amides is 1. The average molecular weight is 387 g/mol. The maximum absolute atomic E-state index is 12.2. The highest BCUT2D eigenvalue weighted by Gasteiger charge is 2.14. The van der Waals surface area contributed by atoms with Crippen LogP contribution in [0.1, 0.15) is 30.7 Å². The molecule has 0 saturated carbocycles. The van der Waals surface area contributed by atoms with Crippen LogP contribution in [-0.2, 0) is 17.6 Å². The third-order valence-corrected chi connectivity index (χ3v) is 5.85. The Hall–Kier alpha value is -2.12. The van der Waals surface area contributed by atoms with Gasteiger partial charge in [-0.1, -0.05) is 43.8 Å². The second kappa shape index (κ2) is 8.51. The van der Waals surface area contributed by atoms with E-state index >= 15 is 0 Å². The number of thioether (sulfide) groups is 1. The maximum Gasteiger partial charge on any atom is 0.236 e. The largest absolute Gasteiger partial charge is 0.301 e. The lowest BCUT2D eigenvalue weighted by Gasteiger charge is -2.16. The number of hydrogen-bond acceptors (Lipinski definition) is 5. The number of para-hydroxylation sites is 1. The number of carbonyl (C=O) groups is 1. The van der Waals surface area contributed by atoms with Crippen LogP contribution in [0.2, 0.25) is 0 Å². The molecule has 0 aliphatic carbocycles. The zero-order valence-corrected chi connectivity index (χ0v) is 16.8. The first-order chi connectivity index (χ1) is 12.6. The van der Waals surface area contributed by atoms with E-state index in [4.69, 9.17) is 0 Å². The predicted molar refractivity (Wildman–Crippen MR) is 109 cm³/mol. The summed E-state index contributed by atoms with van der Waals surface area (Å²) in [6.45, 7) is 6.23. The number of aromatic nitrogens is 3. The second-order valence-corrected chi connectivity index (χ2v) is 7.64. The van der Waals surface area contributed by atoms with Crippen molar-refractivity contribution < 1.29 is 4.79 Å². The van der Waals surface area contributed by atoms with Gasteiger partial charge in [0.05, 0.1) is 17.1 Å². The number of nitrogens with zero attached hydrogens (tertiary/aromatic N) is 3. The van der Waals surface area contributed by atoms with Crippen LogP contribution in [0, 0.1) is 6.92 Å². The highest BCUT2D eigenvalue weighted by atomic mass is 32.2. The molecule has 0 aliphatic heterocycles. The number of rotatable bonds is 7. The molecule has 0 atom stereocenters. The highest BCUT2D eigenvalue weighted by Crippen LogP contribution is 2.27. The normalized spacial score (nSPS) is 10.9. The first kappa shape index (κ1) is 18.7. The molecule has 26 heavy (non-hydrogen) atoms. The second-order valence-electron chi connectivity index (χ2n) is 5.84. The first-order valence-electron chi connectivity index (χ1n) is 8.61. The molecule has 0 saturated heterocycles. The molecular weight excluding hydrogens is 364 g/mol. The Kier molecular flexibility index (Phi) is 6.11. The molecular formula is C19H22N4OS2.